The summed E-state index contributed by atoms with van der Waals surface area (Å²) in [4.78, 5) is 23.6. The van der Waals surface area contributed by atoms with Crippen LogP contribution in [0.1, 0.15) is 37.0 Å². The summed E-state index contributed by atoms with van der Waals surface area (Å²) >= 11 is 6.15. The molecule has 1 aliphatic rings. The summed E-state index contributed by atoms with van der Waals surface area (Å²) < 4.78 is 15.8. The lowest BCUT2D eigenvalue weighted by Crippen LogP contribution is -2.30. The van der Waals surface area contributed by atoms with Crippen LogP contribution in [0.25, 0.3) is 0 Å². The van der Waals surface area contributed by atoms with Crippen molar-refractivity contribution in [1.29, 1.82) is 0 Å². The minimum Gasteiger partial charge on any atom is -0.493 e. The average Bonchev–Trinajstić information content (AvgIpc) is 3.30. The summed E-state index contributed by atoms with van der Waals surface area (Å²) in [5.74, 6) is -0.251. The standard InChI is InChI=1S/C16H20ClNO5/c1-9(2)23-15-12(17)6-10(7-13(15)21-3)16(20)22-8-14(19)18-11-4-5-11/h6-7,9,11H,4-5,8H2,1-3H3,(H,18,19). The van der Waals surface area contributed by atoms with E-state index in [4.69, 9.17) is 25.8 Å². The van der Waals surface area contributed by atoms with Crippen LogP contribution in [0, 0.1) is 0 Å². The van der Waals surface area contributed by atoms with E-state index < -0.39 is 5.97 Å². The molecule has 0 saturated heterocycles. The second kappa shape index (κ2) is 7.55. The van der Waals surface area contributed by atoms with E-state index in [-0.39, 0.29) is 35.2 Å². The zero-order chi connectivity index (χ0) is 17.0. The zero-order valence-electron chi connectivity index (χ0n) is 13.3. The quantitative estimate of drug-likeness (QED) is 0.771. The van der Waals surface area contributed by atoms with E-state index in [0.717, 1.165) is 12.8 Å². The van der Waals surface area contributed by atoms with Gasteiger partial charge in [0.2, 0.25) is 0 Å². The Morgan fingerprint density at radius 2 is 2.04 bits per heavy atom. The number of amides is 1. The van der Waals surface area contributed by atoms with Crippen molar-refractivity contribution >= 4 is 23.5 Å². The molecule has 0 bridgehead atoms. The molecule has 1 amide bonds. The number of halogens is 1. The van der Waals surface area contributed by atoms with E-state index in [1.807, 2.05) is 13.8 Å². The Hall–Kier alpha value is -1.95. The molecule has 1 aromatic carbocycles. The van der Waals surface area contributed by atoms with Gasteiger partial charge >= 0.3 is 5.97 Å². The van der Waals surface area contributed by atoms with Gasteiger partial charge in [-0.2, -0.15) is 0 Å². The van der Waals surface area contributed by atoms with Crippen LogP contribution in [0.2, 0.25) is 5.02 Å². The highest BCUT2D eigenvalue weighted by Crippen LogP contribution is 2.37. The normalized spacial score (nSPS) is 13.6. The third-order valence-corrected chi connectivity index (χ3v) is 3.38. The van der Waals surface area contributed by atoms with Crippen molar-refractivity contribution in [2.24, 2.45) is 0 Å². The zero-order valence-corrected chi connectivity index (χ0v) is 14.1. The van der Waals surface area contributed by atoms with Crippen LogP contribution in [-0.4, -0.2) is 37.7 Å². The highest BCUT2D eigenvalue weighted by atomic mass is 35.5. The first-order chi connectivity index (χ1) is 10.9. The molecule has 0 atom stereocenters. The molecule has 0 heterocycles. The molecule has 0 spiro atoms. The summed E-state index contributed by atoms with van der Waals surface area (Å²) in [7, 11) is 1.46. The third-order valence-electron chi connectivity index (χ3n) is 3.10. The maximum atomic E-state index is 12.0. The molecule has 1 fully saturated rings. The van der Waals surface area contributed by atoms with Crippen LogP contribution in [0.15, 0.2) is 12.1 Å². The van der Waals surface area contributed by atoms with Gasteiger partial charge < -0.3 is 19.5 Å². The number of ether oxygens (including phenoxy) is 3. The Bertz CT molecular complexity index is 598. The van der Waals surface area contributed by atoms with Gasteiger partial charge in [0.05, 0.1) is 23.8 Å². The van der Waals surface area contributed by atoms with Gasteiger partial charge in [0, 0.05) is 6.04 Å². The summed E-state index contributed by atoms with van der Waals surface area (Å²) in [6.45, 7) is 3.40. The number of methoxy groups -OCH3 is 1. The second-order valence-corrected chi connectivity index (χ2v) is 5.98. The topological polar surface area (TPSA) is 73.9 Å². The fourth-order valence-electron chi connectivity index (χ4n) is 1.90. The smallest absolute Gasteiger partial charge is 0.338 e. The number of hydrogen-bond acceptors (Lipinski definition) is 5. The Labute approximate surface area is 140 Å². The fraction of sp³-hybridized carbons (Fsp3) is 0.500. The lowest BCUT2D eigenvalue weighted by Gasteiger charge is -2.16. The van der Waals surface area contributed by atoms with E-state index in [1.54, 1.807) is 0 Å². The van der Waals surface area contributed by atoms with E-state index in [2.05, 4.69) is 5.32 Å². The summed E-state index contributed by atoms with van der Waals surface area (Å²) in [5, 5.41) is 2.98. The number of nitrogens with one attached hydrogen (secondary N) is 1. The van der Waals surface area contributed by atoms with Gasteiger partial charge in [-0.05, 0) is 38.8 Å². The second-order valence-electron chi connectivity index (χ2n) is 5.57. The maximum absolute atomic E-state index is 12.0. The van der Waals surface area contributed by atoms with Crippen molar-refractivity contribution in [2.75, 3.05) is 13.7 Å². The van der Waals surface area contributed by atoms with E-state index in [0.29, 0.717) is 11.5 Å². The Morgan fingerprint density at radius 1 is 1.35 bits per heavy atom. The number of benzene rings is 1. The summed E-state index contributed by atoms with van der Waals surface area (Å²) in [6, 6.07) is 3.14. The largest absolute Gasteiger partial charge is 0.493 e. The van der Waals surface area contributed by atoms with Crippen molar-refractivity contribution in [3.8, 4) is 11.5 Å². The maximum Gasteiger partial charge on any atom is 0.338 e. The minimum atomic E-state index is -0.646. The molecule has 0 aliphatic heterocycles. The molecular formula is C16H20ClNO5. The van der Waals surface area contributed by atoms with Crippen molar-refractivity contribution in [1.82, 2.24) is 5.32 Å². The van der Waals surface area contributed by atoms with Crippen molar-refractivity contribution in [3.63, 3.8) is 0 Å². The lowest BCUT2D eigenvalue weighted by molar-refractivity contribution is -0.124. The molecule has 0 aromatic heterocycles. The van der Waals surface area contributed by atoms with Crippen molar-refractivity contribution < 1.29 is 23.8 Å². The highest BCUT2D eigenvalue weighted by Gasteiger charge is 2.24. The molecule has 1 N–H and O–H groups in total. The Kier molecular flexibility index (Phi) is 5.71. The molecule has 23 heavy (non-hydrogen) atoms. The van der Waals surface area contributed by atoms with Crippen LogP contribution < -0.4 is 14.8 Å². The van der Waals surface area contributed by atoms with Gasteiger partial charge in [0.1, 0.15) is 0 Å². The fourth-order valence-corrected chi connectivity index (χ4v) is 2.15. The first-order valence-electron chi connectivity index (χ1n) is 7.41. The molecular weight excluding hydrogens is 322 g/mol. The molecule has 0 radical (unpaired) electrons. The predicted octanol–water partition coefficient (Wildman–Crippen LogP) is 2.57. The molecule has 7 heteroatoms. The molecule has 1 aliphatic carbocycles. The van der Waals surface area contributed by atoms with Crippen LogP contribution in [0.5, 0.6) is 11.5 Å². The SMILES string of the molecule is COc1cc(C(=O)OCC(=O)NC2CC2)cc(Cl)c1OC(C)C. The third kappa shape index (κ3) is 5.03. The number of rotatable bonds is 7. The van der Waals surface area contributed by atoms with Crippen LogP contribution in [0.3, 0.4) is 0 Å². The van der Waals surface area contributed by atoms with E-state index >= 15 is 0 Å². The van der Waals surface area contributed by atoms with Gasteiger partial charge in [-0.1, -0.05) is 11.6 Å². The van der Waals surface area contributed by atoms with Gasteiger partial charge in [-0.3, -0.25) is 4.79 Å². The van der Waals surface area contributed by atoms with Gasteiger partial charge in [-0.25, -0.2) is 4.79 Å². The molecule has 2 rings (SSSR count). The first-order valence-corrected chi connectivity index (χ1v) is 7.79. The number of carbonyl (C=O) groups excluding carboxylic acids is 2. The minimum absolute atomic E-state index is 0.0923. The van der Waals surface area contributed by atoms with Gasteiger partial charge in [0.25, 0.3) is 5.91 Å². The van der Waals surface area contributed by atoms with Crippen LogP contribution in [0.4, 0.5) is 0 Å². The van der Waals surface area contributed by atoms with E-state index in [9.17, 15) is 9.59 Å². The average molecular weight is 342 g/mol. The van der Waals surface area contributed by atoms with Crippen molar-refractivity contribution in [3.05, 3.63) is 22.7 Å². The molecule has 6 nitrogen and oxygen atoms in total. The Morgan fingerprint density at radius 3 is 2.61 bits per heavy atom. The van der Waals surface area contributed by atoms with Crippen LogP contribution >= 0.6 is 11.6 Å². The number of carbonyl (C=O) groups is 2. The van der Waals surface area contributed by atoms with Gasteiger partial charge in [0.15, 0.2) is 18.1 Å². The number of hydrogen-bond donors (Lipinski definition) is 1. The number of esters is 1. The summed E-state index contributed by atoms with van der Waals surface area (Å²) in [5.41, 5.74) is 0.196. The monoisotopic (exact) mass is 341 g/mol. The molecule has 1 aromatic rings. The highest BCUT2D eigenvalue weighted by molar-refractivity contribution is 6.32. The first kappa shape index (κ1) is 17.4. The lowest BCUT2D eigenvalue weighted by atomic mass is 10.2. The molecule has 126 valence electrons. The van der Waals surface area contributed by atoms with Gasteiger partial charge in [-0.15, -0.1) is 0 Å². The van der Waals surface area contributed by atoms with Crippen LogP contribution in [-0.2, 0) is 9.53 Å². The molecule has 1 saturated carbocycles. The molecule has 0 unspecified atom stereocenters. The van der Waals surface area contributed by atoms with Crippen molar-refractivity contribution in [2.45, 2.75) is 38.8 Å². The summed E-state index contributed by atoms with van der Waals surface area (Å²) in [6.07, 6.45) is 1.86. The predicted molar refractivity (Wildman–Crippen MR) is 85.2 cm³/mol. The van der Waals surface area contributed by atoms with E-state index in [1.165, 1.54) is 19.2 Å². The Balaban J connectivity index is 2.04.